The first-order valence-electron chi connectivity index (χ1n) is 8.87. The van der Waals surface area contributed by atoms with Gasteiger partial charge in [0.15, 0.2) is 0 Å². The molecule has 0 bridgehead atoms. The lowest BCUT2D eigenvalue weighted by atomic mass is 9.85. The molecular formula is C19H32Cl3N3O. The lowest BCUT2D eigenvalue weighted by Crippen LogP contribution is -2.38. The zero-order chi connectivity index (χ0) is 17.5. The minimum absolute atomic E-state index is 0. The highest BCUT2D eigenvalue weighted by Gasteiger charge is 2.23. The van der Waals surface area contributed by atoms with E-state index in [1.54, 1.807) is 0 Å². The Kier molecular flexibility index (Phi) is 12.5. The lowest BCUT2D eigenvalue weighted by molar-refractivity contribution is -0.122. The number of piperidine rings is 1. The van der Waals surface area contributed by atoms with Crippen molar-refractivity contribution in [3.05, 3.63) is 34.9 Å². The van der Waals surface area contributed by atoms with Gasteiger partial charge < -0.3 is 15.5 Å². The number of rotatable bonds is 7. The van der Waals surface area contributed by atoms with Crippen molar-refractivity contribution in [2.24, 2.45) is 11.8 Å². The summed E-state index contributed by atoms with van der Waals surface area (Å²) in [4.78, 5) is 14.4. The van der Waals surface area contributed by atoms with Crippen LogP contribution >= 0.6 is 36.4 Å². The SMILES string of the molecule is CC(CC(=O)NCC(c1ccccc1Cl)N(C)C)C1CCCNC1.Cl.Cl. The first-order valence-corrected chi connectivity index (χ1v) is 9.25. The van der Waals surface area contributed by atoms with Crippen molar-refractivity contribution in [3.63, 3.8) is 0 Å². The summed E-state index contributed by atoms with van der Waals surface area (Å²) >= 11 is 6.32. The van der Waals surface area contributed by atoms with E-state index in [0.29, 0.717) is 24.8 Å². The van der Waals surface area contributed by atoms with Gasteiger partial charge in [0, 0.05) is 18.0 Å². The summed E-state index contributed by atoms with van der Waals surface area (Å²) in [7, 11) is 4.02. The van der Waals surface area contributed by atoms with E-state index in [1.807, 2.05) is 38.4 Å². The van der Waals surface area contributed by atoms with Gasteiger partial charge in [-0.2, -0.15) is 0 Å². The molecule has 0 aromatic heterocycles. The number of hydrogen-bond acceptors (Lipinski definition) is 3. The van der Waals surface area contributed by atoms with Gasteiger partial charge in [-0.05, 0) is 63.5 Å². The Morgan fingerprint density at radius 1 is 1.35 bits per heavy atom. The maximum absolute atomic E-state index is 12.4. The highest BCUT2D eigenvalue weighted by Crippen LogP contribution is 2.26. The standard InChI is InChI=1S/C19H30ClN3O.2ClH/c1-14(15-7-6-10-21-12-15)11-19(24)22-13-18(23(2)3)16-8-4-5-9-17(16)20;;/h4-5,8-9,14-15,18,21H,6-7,10-13H2,1-3H3,(H,22,24);2*1H. The molecule has 1 aliphatic rings. The number of carbonyl (C=O) groups is 1. The minimum atomic E-state index is 0. The number of benzene rings is 1. The van der Waals surface area contributed by atoms with Gasteiger partial charge in [-0.15, -0.1) is 24.8 Å². The zero-order valence-corrected chi connectivity index (χ0v) is 18.2. The van der Waals surface area contributed by atoms with Gasteiger partial charge in [0.25, 0.3) is 0 Å². The molecule has 3 atom stereocenters. The monoisotopic (exact) mass is 423 g/mol. The maximum atomic E-state index is 12.4. The fourth-order valence-corrected chi connectivity index (χ4v) is 3.68. The molecule has 1 fully saturated rings. The Morgan fingerprint density at radius 2 is 2.04 bits per heavy atom. The van der Waals surface area contributed by atoms with Crippen molar-refractivity contribution >= 4 is 42.3 Å². The zero-order valence-electron chi connectivity index (χ0n) is 15.8. The molecule has 150 valence electrons. The average molecular weight is 425 g/mol. The Morgan fingerprint density at radius 3 is 2.62 bits per heavy atom. The first kappa shape index (κ1) is 25.5. The Bertz CT molecular complexity index is 537. The highest BCUT2D eigenvalue weighted by atomic mass is 35.5. The number of nitrogens with one attached hydrogen (secondary N) is 2. The Balaban J connectivity index is 0.00000312. The van der Waals surface area contributed by atoms with Crippen molar-refractivity contribution in [1.82, 2.24) is 15.5 Å². The number of carbonyl (C=O) groups excluding carboxylic acids is 1. The normalized spacial score (nSPS) is 19.0. The summed E-state index contributed by atoms with van der Waals surface area (Å²) < 4.78 is 0. The van der Waals surface area contributed by atoms with E-state index in [-0.39, 0.29) is 36.8 Å². The second kappa shape index (κ2) is 12.8. The van der Waals surface area contributed by atoms with Gasteiger partial charge in [-0.1, -0.05) is 36.7 Å². The quantitative estimate of drug-likeness (QED) is 0.697. The molecule has 7 heteroatoms. The van der Waals surface area contributed by atoms with Gasteiger partial charge in [0.1, 0.15) is 0 Å². The van der Waals surface area contributed by atoms with Crippen LogP contribution in [0.3, 0.4) is 0 Å². The van der Waals surface area contributed by atoms with E-state index in [9.17, 15) is 4.79 Å². The van der Waals surface area contributed by atoms with Gasteiger partial charge in [0.05, 0.1) is 6.04 Å². The molecule has 0 radical (unpaired) electrons. The van der Waals surface area contributed by atoms with Crippen LogP contribution in [-0.2, 0) is 4.79 Å². The number of nitrogens with zero attached hydrogens (tertiary/aromatic N) is 1. The van der Waals surface area contributed by atoms with E-state index in [2.05, 4.69) is 22.5 Å². The van der Waals surface area contributed by atoms with Crippen molar-refractivity contribution in [3.8, 4) is 0 Å². The van der Waals surface area contributed by atoms with Gasteiger partial charge in [0.2, 0.25) is 5.91 Å². The van der Waals surface area contributed by atoms with Gasteiger partial charge in [-0.3, -0.25) is 4.79 Å². The van der Waals surface area contributed by atoms with Crippen molar-refractivity contribution in [2.45, 2.75) is 32.2 Å². The van der Waals surface area contributed by atoms with Crippen molar-refractivity contribution < 1.29 is 4.79 Å². The molecule has 0 spiro atoms. The van der Waals surface area contributed by atoms with E-state index in [4.69, 9.17) is 11.6 Å². The second-order valence-electron chi connectivity index (χ2n) is 7.09. The second-order valence-corrected chi connectivity index (χ2v) is 7.50. The molecule has 1 saturated heterocycles. The largest absolute Gasteiger partial charge is 0.354 e. The number of halogens is 3. The third-order valence-electron chi connectivity index (χ3n) is 5.03. The Labute approximate surface area is 175 Å². The summed E-state index contributed by atoms with van der Waals surface area (Å²) in [5, 5.41) is 7.27. The van der Waals surface area contributed by atoms with Crippen molar-refractivity contribution in [2.75, 3.05) is 33.7 Å². The molecule has 0 aliphatic carbocycles. The molecule has 0 saturated carbocycles. The van der Waals surface area contributed by atoms with Crippen LogP contribution in [0.15, 0.2) is 24.3 Å². The van der Waals surface area contributed by atoms with Crippen LogP contribution in [0.1, 0.15) is 37.8 Å². The van der Waals surface area contributed by atoms with Crippen LogP contribution in [0, 0.1) is 11.8 Å². The predicted molar refractivity (Wildman–Crippen MR) is 115 cm³/mol. The summed E-state index contributed by atoms with van der Waals surface area (Å²) in [6.07, 6.45) is 3.03. The Hall–Kier alpha value is -0.520. The van der Waals surface area contributed by atoms with Crippen LogP contribution in [0.4, 0.5) is 0 Å². The number of hydrogen-bond donors (Lipinski definition) is 2. The van der Waals surface area contributed by atoms with Crippen LogP contribution < -0.4 is 10.6 Å². The van der Waals surface area contributed by atoms with Gasteiger partial charge >= 0.3 is 0 Å². The minimum Gasteiger partial charge on any atom is -0.354 e. The van der Waals surface area contributed by atoms with E-state index in [0.717, 1.165) is 23.7 Å². The third-order valence-corrected chi connectivity index (χ3v) is 5.37. The molecule has 1 amide bonds. The van der Waals surface area contributed by atoms with Crippen LogP contribution in [0.25, 0.3) is 0 Å². The molecule has 3 unspecified atom stereocenters. The molecule has 4 nitrogen and oxygen atoms in total. The predicted octanol–water partition coefficient (Wildman–Crippen LogP) is 3.93. The molecule has 1 heterocycles. The van der Waals surface area contributed by atoms with Crippen molar-refractivity contribution in [1.29, 1.82) is 0 Å². The fraction of sp³-hybridized carbons (Fsp3) is 0.632. The fourth-order valence-electron chi connectivity index (χ4n) is 3.42. The summed E-state index contributed by atoms with van der Waals surface area (Å²) in [6.45, 7) is 4.91. The molecule has 1 aliphatic heterocycles. The van der Waals surface area contributed by atoms with Gasteiger partial charge in [-0.25, -0.2) is 0 Å². The lowest BCUT2D eigenvalue weighted by Gasteiger charge is -2.29. The molecule has 26 heavy (non-hydrogen) atoms. The first-order chi connectivity index (χ1) is 11.5. The summed E-state index contributed by atoms with van der Waals surface area (Å²) in [5.74, 6) is 1.15. The number of amides is 1. The summed E-state index contributed by atoms with van der Waals surface area (Å²) in [5.41, 5.74) is 1.05. The number of likely N-dealkylation sites (N-methyl/N-ethyl adjacent to an activating group) is 1. The van der Waals surface area contributed by atoms with Crippen LogP contribution in [0.5, 0.6) is 0 Å². The van der Waals surface area contributed by atoms with E-state index >= 15 is 0 Å². The molecule has 2 N–H and O–H groups in total. The molecule has 2 rings (SSSR count). The smallest absolute Gasteiger partial charge is 0.220 e. The molecular weight excluding hydrogens is 393 g/mol. The van der Waals surface area contributed by atoms with E-state index < -0.39 is 0 Å². The average Bonchev–Trinajstić information content (AvgIpc) is 2.57. The van der Waals surface area contributed by atoms with E-state index in [1.165, 1.54) is 12.8 Å². The maximum Gasteiger partial charge on any atom is 0.220 e. The molecule has 1 aromatic carbocycles. The molecule has 1 aromatic rings. The summed E-state index contributed by atoms with van der Waals surface area (Å²) in [6, 6.07) is 7.91. The van der Waals surface area contributed by atoms with Crippen LogP contribution in [-0.4, -0.2) is 44.5 Å². The topological polar surface area (TPSA) is 44.4 Å². The highest BCUT2D eigenvalue weighted by molar-refractivity contribution is 6.31. The third kappa shape index (κ3) is 7.61. The van der Waals surface area contributed by atoms with Crippen LogP contribution in [0.2, 0.25) is 5.02 Å².